The van der Waals surface area contributed by atoms with Crippen molar-refractivity contribution in [2.24, 2.45) is 0 Å². The third kappa shape index (κ3) is 1.92. The number of carbonyl (C=O) groups excluding carboxylic acids is 1. The predicted octanol–water partition coefficient (Wildman–Crippen LogP) is 1.94. The van der Waals surface area contributed by atoms with Crippen LogP contribution in [0, 0.1) is 0 Å². The predicted molar refractivity (Wildman–Crippen MR) is 64.3 cm³/mol. The Bertz CT molecular complexity index is 591. The van der Waals surface area contributed by atoms with E-state index in [1.165, 1.54) is 14.2 Å². The van der Waals surface area contributed by atoms with Gasteiger partial charge in [-0.05, 0) is 6.07 Å². The molecule has 2 rings (SSSR count). The first kappa shape index (κ1) is 12.0. The van der Waals surface area contributed by atoms with Gasteiger partial charge in [0.25, 0.3) is 0 Å². The Morgan fingerprint density at radius 2 is 1.88 bits per heavy atom. The van der Waals surface area contributed by atoms with Crippen LogP contribution in [-0.2, 0) is 0 Å². The molecule has 0 atom stereocenters. The fraction of sp³-hybridized carbons (Fsp3) is 0.182. The smallest absolute Gasteiger partial charge is 0.162 e. The molecular weight excluding hydrogens is 264 g/mol. The van der Waals surface area contributed by atoms with Gasteiger partial charge >= 0.3 is 0 Å². The van der Waals surface area contributed by atoms with Gasteiger partial charge in [0.05, 0.1) is 30.1 Å². The largest absolute Gasteiger partial charge is 0.544 e. The number of ether oxygens (including phenoxy) is 2. The Kier molecular flexibility index (Phi) is 3.13. The summed E-state index contributed by atoms with van der Waals surface area (Å²) < 4.78 is 11.0. The van der Waals surface area contributed by atoms with E-state index in [-0.39, 0.29) is 9.90 Å². The van der Waals surface area contributed by atoms with Crippen molar-refractivity contribution in [1.29, 1.82) is 0 Å². The molecule has 0 spiro atoms. The molecule has 0 saturated carbocycles. The molecule has 0 radical (unpaired) electrons. The number of hydrogen-bond acceptors (Lipinski definition) is 5. The molecule has 1 heterocycles. The minimum Gasteiger partial charge on any atom is -0.544 e. The Hall–Kier alpha value is -1.46. The van der Waals surface area contributed by atoms with Crippen LogP contribution in [0.5, 0.6) is 11.5 Å². The van der Waals surface area contributed by atoms with E-state index in [2.05, 4.69) is 0 Å². The summed E-state index contributed by atoms with van der Waals surface area (Å²) in [6.07, 6.45) is 0. The lowest BCUT2D eigenvalue weighted by atomic mass is 10.2. The van der Waals surface area contributed by atoms with E-state index in [0.29, 0.717) is 21.6 Å². The van der Waals surface area contributed by atoms with E-state index >= 15 is 0 Å². The molecule has 0 unspecified atom stereocenters. The monoisotopic (exact) mass is 271 g/mol. The normalized spacial score (nSPS) is 10.5. The van der Waals surface area contributed by atoms with Gasteiger partial charge in [-0.15, -0.1) is 11.3 Å². The van der Waals surface area contributed by atoms with E-state index in [1.807, 2.05) is 0 Å². The molecule has 0 fully saturated rings. The van der Waals surface area contributed by atoms with E-state index < -0.39 is 5.97 Å². The van der Waals surface area contributed by atoms with Gasteiger partial charge in [-0.1, -0.05) is 11.6 Å². The molecule has 4 nitrogen and oxygen atoms in total. The molecule has 0 amide bonds. The zero-order chi connectivity index (χ0) is 12.6. The zero-order valence-corrected chi connectivity index (χ0v) is 10.6. The number of methoxy groups -OCH3 is 2. The number of benzene rings is 1. The number of rotatable bonds is 3. The SMILES string of the molecule is COc1cc2sc(C(=O)[O-])c(Cl)c2cc1OC. The zero-order valence-electron chi connectivity index (χ0n) is 9.07. The van der Waals surface area contributed by atoms with Gasteiger partial charge in [0.15, 0.2) is 11.5 Å². The molecule has 0 bridgehead atoms. The van der Waals surface area contributed by atoms with Gasteiger partial charge in [-0.25, -0.2) is 0 Å². The van der Waals surface area contributed by atoms with Crippen molar-refractivity contribution in [3.8, 4) is 11.5 Å². The first-order chi connectivity index (χ1) is 8.08. The lowest BCUT2D eigenvalue weighted by molar-refractivity contribution is -0.254. The van der Waals surface area contributed by atoms with E-state index in [0.717, 1.165) is 11.3 Å². The standard InChI is InChI=1S/C11H9ClO4S/c1-15-6-3-5-8(4-7(6)16-2)17-10(9(5)12)11(13)14/h3-4H,1-2H3,(H,13,14)/p-1. The van der Waals surface area contributed by atoms with E-state index in [4.69, 9.17) is 21.1 Å². The van der Waals surface area contributed by atoms with Crippen molar-refractivity contribution in [3.63, 3.8) is 0 Å². The fourth-order valence-electron chi connectivity index (χ4n) is 1.52. The van der Waals surface area contributed by atoms with Gasteiger partial charge in [-0.2, -0.15) is 0 Å². The number of fused-ring (bicyclic) bond motifs is 1. The van der Waals surface area contributed by atoms with Crippen LogP contribution in [0.25, 0.3) is 10.1 Å². The number of carboxylic acid groups (broad SMARTS) is 1. The van der Waals surface area contributed by atoms with Crippen LogP contribution in [0.2, 0.25) is 5.02 Å². The third-order valence-corrected chi connectivity index (χ3v) is 3.96. The number of carbonyl (C=O) groups is 1. The highest BCUT2D eigenvalue weighted by Gasteiger charge is 2.15. The summed E-state index contributed by atoms with van der Waals surface area (Å²) in [6, 6.07) is 3.34. The minimum atomic E-state index is -1.28. The molecule has 1 aromatic heterocycles. The molecule has 2 aromatic rings. The Morgan fingerprint density at radius 1 is 1.29 bits per heavy atom. The van der Waals surface area contributed by atoms with Gasteiger partial charge in [0, 0.05) is 16.2 Å². The van der Waals surface area contributed by atoms with Crippen LogP contribution in [0.4, 0.5) is 0 Å². The number of hydrogen-bond donors (Lipinski definition) is 0. The molecule has 0 aliphatic rings. The maximum Gasteiger partial charge on any atom is 0.162 e. The van der Waals surface area contributed by atoms with Gasteiger partial charge in [-0.3, -0.25) is 0 Å². The molecule has 0 aliphatic carbocycles. The highest BCUT2D eigenvalue weighted by Crippen LogP contribution is 2.41. The molecule has 0 saturated heterocycles. The summed E-state index contributed by atoms with van der Waals surface area (Å²) in [5.74, 6) is -0.249. The van der Waals surface area contributed by atoms with Crippen molar-refractivity contribution >= 4 is 39.0 Å². The van der Waals surface area contributed by atoms with E-state index in [1.54, 1.807) is 12.1 Å². The number of aromatic carboxylic acids is 1. The first-order valence-electron chi connectivity index (χ1n) is 4.63. The maximum atomic E-state index is 10.9. The van der Waals surface area contributed by atoms with Gasteiger partial charge in [0.2, 0.25) is 0 Å². The summed E-state index contributed by atoms with van der Waals surface area (Å²) >= 11 is 7.02. The minimum absolute atomic E-state index is 0.0111. The maximum absolute atomic E-state index is 10.9. The fourth-order valence-corrected chi connectivity index (χ4v) is 2.87. The number of halogens is 1. The third-order valence-electron chi connectivity index (χ3n) is 2.32. The van der Waals surface area contributed by atoms with Crippen molar-refractivity contribution in [2.45, 2.75) is 0 Å². The molecule has 1 aromatic carbocycles. The van der Waals surface area contributed by atoms with E-state index in [9.17, 15) is 9.90 Å². The molecular formula is C11H8ClO4S-. The summed E-state index contributed by atoms with van der Waals surface area (Å²) in [6.45, 7) is 0. The Labute approximate surface area is 106 Å². The highest BCUT2D eigenvalue weighted by molar-refractivity contribution is 7.21. The second-order valence-electron chi connectivity index (χ2n) is 3.24. The van der Waals surface area contributed by atoms with Gasteiger partial charge in [0.1, 0.15) is 0 Å². The number of thiophene rings is 1. The molecule has 0 N–H and O–H groups in total. The molecule has 90 valence electrons. The lowest BCUT2D eigenvalue weighted by Gasteiger charge is -2.06. The van der Waals surface area contributed by atoms with Crippen LogP contribution in [-0.4, -0.2) is 20.2 Å². The summed E-state index contributed by atoms with van der Waals surface area (Å²) in [5.41, 5.74) is 0. The van der Waals surface area contributed by atoms with Crippen LogP contribution in [0.1, 0.15) is 9.67 Å². The summed E-state index contributed by atoms with van der Waals surface area (Å²) in [5, 5.41) is 11.6. The molecule has 17 heavy (non-hydrogen) atoms. The second kappa shape index (κ2) is 4.43. The van der Waals surface area contributed by atoms with Crippen LogP contribution >= 0.6 is 22.9 Å². The average molecular weight is 272 g/mol. The van der Waals surface area contributed by atoms with Crippen molar-refractivity contribution in [2.75, 3.05) is 14.2 Å². The Balaban J connectivity index is 2.75. The molecule has 0 aliphatic heterocycles. The number of carboxylic acids is 1. The second-order valence-corrected chi connectivity index (χ2v) is 4.67. The Morgan fingerprint density at radius 3 is 2.41 bits per heavy atom. The topological polar surface area (TPSA) is 58.6 Å². The first-order valence-corrected chi connectivity index (χ1v) is 5.83. The lowest BCUT2D eigenvalue weighted by Crippen LogP contribution is -2.21. The van der Waals surface area contributed by atoms with Crippen LogP contribution < -0.4 is 14.6 Å². The van der Waals surface area contributed by atoms with Gasteiger partial charge < -0.3 is 19.4 Å². The van der Waals surface area contributed by atoms with Crippen LogP contribution in [0.15, 0.2) is 12.1 Å². The summed E-state index contributed by atoms with van der Waals surface area (Å²) in [4.78, 5) is 10.9. The van der Waals surface area contributed by atoms with Crippen molar-refractivity contribution in [1.82, 2.24) is 0 Å². The van der Waals surface area contributed by atoms with Crippen LogP contribution in [0.3, 0.4) is 0 Å². The molecule has 6 heteroatoms. The van der Waals surface area contributed by atoms with Crippen molar-refractivity contribution < 1.29 is 19.4 Å². The van der Waals surface area contributed by atoms with Crippen molar-refractivity contribution in [3.05, 3.63) is 22.0 Å². The highest BCUT2D eigenvalue weighted by atomic mass is 35.5. The quantitative estimate of drug-likeness (QED) is 0.856. The summed E-state index contributed by atoms with van der Waals surface area (Å²) in [7, 11) is 3.02. The average Bonchev–Trinajstić information content (AvgIpc) is 2.64.